The molecule has 0 aliphatic heterocycles. The first-order valence-electron chi connectivity index (χ1n) is 8.80. The molecule has 1 N–H and O–H groups in total. The Kier molecular flexibility index (Phi) is 3.66. The van der Waals surface area contributed by atoms with Crippen molar-refractivity contribution in [2.24, 2.45) is 0 Å². The van der Waals surface area contributed by atoms with E-state index in [0.717, 1.165) is 6.42 Å². The molecule has 126 valence electrons. The summed E-state index contributed by atoms with van der Waals surface area (Å²) in [4.78, 5) is 16.3. The lowest BCUT2D eigenvalue weighted by atomic mass is 9.69. The van der Waals surface area contributed by atoms with Gasteiger partial charge in [-0.1, -0.05) is 32.0 Å². The molecule has 2 aliphatic rings. The highest BCUT2D eigenvalue weighted by Gasteiger charge is 2.40. The Morgan fingerprint density at radius 3 is 3.08 bits per heavy atom. The average Bonchev–Trinajstić information content (AvgIpc) is 3.19. The highest BCUT2D eigenvalue weighted by molar-refractivity contribution is 5.76. The molecule has 0 saturated heterocycles. The molecule has 4 rings (SSSR count). The van der Waals surface area contributed by atoms with Crippen LogP contribution in [-0.2, 0) is 16.8 Å². The Morgan fingerprint density at radius 1 is 1.42 bits per heavy atom. The number of nitrogens with one attached hydrogen (secondary N) is 1. The van der Waals surface area contributed by atoms with E-state index in [2.05, 4.69) is 47.4 Å². The number of hydrogen-bond donors (Lipinski definition) is 1. The lowest BCUT2D eigenvalue weighted by Crippen LogP contribution is -2.28. The van der Waals surface area contributed by atoms with E-state index < -0.39 is 0 Å². The number of carbonyl (C=O) groups is 1. The van der Waals surface area contributed by atoms with Crippen molar-refractivity contribution in [3.8, 4) is 0 Å². The molecular weight excluding hydrogens is 300 g/mol. The molecule has 0 saturated carbocycles. The Bertz CT molecular complexity index is 751. The van der Waals surface area contributed by atoms with Crippen molar-refractivity contribution in [3.63, 3.8) is 0 Å². The monoisotopic (exact) mass is 324 g/mol. The number of hydrogen-bond acceptors (Lipinski definition) is 3. The van der Waals surface area contributed by atoms with E-state index in [9.17, 15) is 4.79 Å². The van der Waals surface area contributed by atoms with Crippen molar-refractivity contribution in [3.05, 3.63) is 47.5 Å². The first kappa shape index (κ1) is 15.4. The van der Waals surface area contributed by atoms with E-state index >= 15 is 0 Å². The normalized spacial score (nSPS) is 23.8. The number of nitrogens with zero attached hydrogens (tertiary/aromatic N) is 3. The van der Waals surface area contributed by atoms with Gasteiger partial charge in [-0.15, -0.1) is 0 Å². The summed E-state index contributed by atoms with van der Waals surface area (Å²) in [7, 11) is 0. The number of amides is 1. The van der Waals surface area contributed by atoms with Crippen LogP contribution in [-0.4, -0.2) is 20.7 Å². The first-order valence-corrected chi connectivity index (χ1v) is 8.80. The summed E-state index contributed by atoms with van der Waals surface area (Å²) in [6, 6.07) is 6.78. The van der Waals surface area contributed by atoms with E-state index in [1.54, 1.807) is 11.0 Å². The predicted molar refractivity (Wildman–Crippen MR) is 91.6 cm³/mol. The van der Waals surface area contributed by atoms with Crippen molar-refractivity contribution in [1.82, 2.24) is 20.1 Å². The van der Waals surface area contributed by atoms with Crippen LogP contribution in [0, 0.1) is 0 Å². The summed E-state index contributed by atoms with van der Waals surface area (Å²) in [6.07, 6.45) is 7.06. The molecule has 0 radical (unpaired) electrons. The topological polar surface area (TPSA) is 59.8 Å². The molecule has 0 fully saturated rings. The maximum absolute atomic E-state index is 12.4. The van der Waals surface area contributed by atoms with Crippen molar-refractivity contribution >= 4 is 5.91 Å². The molecule has 24 heavy (non-hydrogen) atoms. The number of benzene rings is 1. The molecule has 1 aromatic heterocycles. The third-order valence-corrected chi connectivity index (χ3v) is 5.66. The summed E-state index contributed by atoms with van der Waals surface area (Å²) in [6.45, 7) is 5.24. The smallest absolute Gasteiger partial charge is 0.222 e. The standard InChI is InChI=1S/C19H24N4O/c1-19(2)8-6-13-10-16(14-4-3-5-15(19)18(13)14)22-17(24)7-9-23-12-20-11-21-23/h3-5,11-13,16H,6-10H2,1-2H3,(H,22,24). The number of aryl methyl sites for hydroxylation is 1. The van der Waals surface area contributed by atoms with Crippen molar-refractivity contribution in [2.45, 2.75) is 63.5 Å². The molecular formula is C19H24N4O. The van der Waals surface area contributed by atoms with Crippen molar-refractivity contribution in [1.29, 1.82) is 0 Å². The van der Waals surface area contributed by atoms with E-state index in [4.69, 9.17) is 0 Å². The zero-order chi connectivity index (χ0) is 16.7. The highest BCUT2D eigenvalue weighted by Crippen LogP contribution is 2.52. The fraction of sp³-hybridized carbons (Fsp3) is 0.526. The minimum Gasteiger partial charge on any atom is -0.349 e. The van der Waals surface area contributed by atoms with Gasteiger partial charge in [0, 0.05) is 6.42 Å². The summed E-state index contributed by atoms with van der Waals surface area (Å²) in [5, 5.41) is 7.29. The van der Waals surface area contributed by atoms with Crippen LogP contribution >= 0.6 is 0 Å². The van der Waals surface area contributed by atoms with Crippen LogP contribution < -0.4 is 5.32 Å². The number of aromatic nitrogens is 3. The summed E-state index contributed by atoms with van der Waals surface area (Å²) in [5.41, 5.74) is 4.57. The lowest BCUT2D eigenvalue weighted by Gasteiger charge is -2.35. The van der Waals surface area contributed by atoms with Crippen LogP contribution in [0.25, 0.3) is 0 Å². The Balaban J connectivity index is 1.49. The maximum Gasteiger partial charge on any atom is 0.222 e. The third-order valence-electron chi connectivity index (χ3n) is 5.66. The second kappa shape index (κ2) is 5.72. The fourth-order valence-electron chi connectivity index (χ4n) is 4.36. The summed E-state index contributed by atoms with van der Waals surface area (Å²) >= 11 is 0. The van der Waals surface area contributed by atoms with Gasteiger partial charge in [0.05, 0.1) is 12.6 Å². The zero-order valence-electron chi connectivity index (χ0n) is 14.3. The third kappa shape index (κ3) is 2.62. The van der Waals surface area contributed by atoms with Gasteiger partial charge in [-0.05, 0) is 47.3 Å². The quantitative estimate of drug-likeness (QED) is 0.940. The van der Waals surface area contributed by atoms with Crippen LogP contribution in [0.3, 0.4) is 0 Å². The molecule has 5 heteroatoms. The first-order chi connectivity index (χ1) is 11.5. The molecule has 0 spiro atoms. The Morgan fingerprint density at radius 2 is 2.29 bits per heavy atom. The lowest BCUT2D eigenvalue weighted by molar-refractivity contribution is -0.122. The molecule has 2 aromatic rings. The summed E-state index contributed by atoms with van der Waals surface area (Å²) in [5.74, 6) is 0.691. The van der Waals surface area contributed by atoms with Crippen molar-refractivity contribution in [2.75, 3.05) is 0 Å². The van der Waals surface area contributed by atoms with Gasteiger partial charge >= 0.3 is 0 Å². The molecule has 5 nitrogen and oxygen atoms in total. The van der Waals surface area contributed by atoms with Crippen LogP contribution in [0.4, 0.5) is 0 Å². The summed E-state index contributed by atoms with van der Waals surface area (Å²) < 4.78 is 1.69. The molecule has 1 aromatic carbocycles. The molecule has 2 aliphatic carbocycles. The molecule has 1 amide bonds. The zero-order valence-corrected chi connectivity index (χ0v) is 14.3. The number of carbonyl (C=O) groups excluding carboxylic acids is 1. The van der Waals surface area contributed by atoms with Gasteiger partial charge in [-0.25, -0.2) is 4.98 Å². The van der Waals surface area contributed by atoms with Crippen molar-refractivity contribution < 1.29 is 4.79 Å². The molecule has 1 heterocycles. The van der Waals surface area contributed by atoms with Gasteiger partial charge in [-0.2, -0.15) is 5.10 Å². The van der Waals surface area contributed by atoms with Crippen LogP contribution in [0.5, 0.6) is 0 Å². The largest absolute Gasteiger partial charge is 0.349 e. The van der Waals surface area contributed by atoms with Gasteiger partial charge < -0.3 is 5.32 Å². The molecule has 2 atom stereocenters. The highest BCUT2D eigenvalue weighted by atomic mass is 16.1. The molecule has 0 bridgehead atoms. The number of rotatable bonds is 4. The second-order valence-corrected chi connectivity index (χ2v) is 7.69. The minimum absolute atomic E-state index is 0.0889. The van der Waals surface area contributed by atoms with Crippen LogP contribution in [0.2, 0.25) is 0 Å². The predicted octanol–water partition coefficient (Wildman–Crippen LogP) is 3.08. The Labute approximate surface area is 142 Å². The van der Waals surface area contributed by atoms with E-state index in [-0.39, 0.29) is 17.4 Å². The van der Waals surface area contributed by atoms with Gasteiger partial charge in [0.1, 0.15) is 12.7 Å². The van der Waals surface area contributed by atoms with E-state index in [0.29, 0.717) is 18.9 Å². The van der Waals surface area contributed by atoms with Crippen LogP contribution in [0.1, 0.15) is 68.2 Å². The van der Waals surface area contributed by atoms with Gasteiger partial charge in [0.25, 0.3) is 0 Å². The van der Waals surface area contributed by atoms with Gasteiger partial charge in [0.2, 0.25) is 5.91 Å². The Hall–Kier alpha value is -2.17. The SMILES string of the molecule is CC1(C)CCC2CC(NC(=O)CCn3cncn3)c3cccc1c32. The van der Waals surface area contributed by atoms with E-state index in [1.807, 2.05) is 0 Å². The van der Waals surface area contributed by atoms with E-state index in [1.165, 1.54) is 35.9 Å². The average molecular weight is 324 g/mol. The second-order valence-electron chi connectivity index (χ2n) is 7.69. The van der Waals surface area contributed by atoms with Gasteiger partial charge in [0.15, 0.2) is 0 Å². The fourth-order valence-corrected chi connectivity index (χ4v) is 4.36. The minimum atomic E-state index is 0.0889. The molecule has 2 unspecified atom stereocenters. The maximum atomic E-state index is 12.4. The van der Waals surface area contributed by atoms with Gasteiger partial charge in [-0.3, -0.25) is 9.48 Å². The van der Waals surface area contributed by atoms with Crippen LogP contribution in [0.15, 0.2) is 30.9 Å².